The highest BCUT2D eigenvalue weighted by Crippen LogP contribution is 2.28. The van der Waals surface area contributed by atoms with Crippen LogP contribution in [0.3, 0.4) is 0 Å². The number of anilines is 1. The minimum absolute atomic E-state index is 0.201. The number of nitrogens with one attached hydrogen (secondary N) is 3. The van der Waals surface area contributed by atoms with Gasteiger partial charge in [0.15, 0.2) is 0 Å². The first-order valence-corrected chi connectivity index (χ1v) is 12.4. The number of benzene rings is 1. The van der Waals surface area contributed by atoms with Crippen molar-refractivity contribution < 1.29 is 19.5 Å². The van der Waals surface area contributed by atoms with Crippen LogP contribution in [0.1, 0.15) is 78.6 Å². The van der Waals surface area contributed by atoms with E-state index in [1.54, 1.807) is 12.1 Å². The molecule has 0 saturated heterocycles. The molecular weight excluding hydrogens is 418 g/mol. The van der Waals surface area contributed by atoms with E-state index in [-0.39, 0.29) is 17.7 Å². The van der Waals surface area contributed by atoms with Gasteiger partial charge < -0.3 is 15.7 Å². The highest BCUT2D eigenvalue weighted by molar-refractivity contribution is 5.97. The summed E-state index contributed by atoms with van der Waals surface area (Å²) in [6.45, 7) is 5.54. The summed E-state index contributed by atoms with van der Waals surface area (Å²) in [5.74, 6) is -0.686. The van der Waals surface area contributed by atoms with Crippen molar-refractivity contribution in [2.45, 2.75) is 96.7 Å². The molecule has 0 heterocycles. The Kier molecular flexibility index (Phi) is 11.4. The SMILES string of the molecule is CC(C)C[C@H](NC(=O)[C@H](CCCC1CCCCC1)N[C@H](C)C(=O)O)C(=O)Nc1ccccc1. The molecule has 33 heavy (non-hydrogen) atoms. The fraction of sp³-hybridized carbons (Fsp3) is 0.654. The highest BCUT2D eigenvalue weighted by Gasteiger charge is 2.28. The van der Waals surface area contributed by atoms with Gasteiger partial charge in [-0.25, -0.2) is 0 Å². The molecule has 0 bridgehead atoms. The fourth-order valence-electron chi connectivity index (χ4n) is 4.48. The Labute approximate surface area is 198 Å². The highest BCUT2D eigenvalue weighted by atomic mass is 16.4. The number of carboxylic acids is 1. The van der Waals surface area contributed by atoms with Crippen molar-refractivity contribution in [3.05, 3.63) is 30.3 Å². The Bertz CT molecular complexity index is 747. The first-order valence-electron chi connectivity index (χ1n) is 12.4. The summed E-state index contributed by atoms with van der Waals surface area (Å²) in [6.07, 6.45) is 9.29. The van der Waals surface area contributed by atoms with Crippen LogP contribution in [-0.2, 0) is 14.4 Å². The Hall–Kier alpha value is -2.41. The zero-order valence-electron chi connectivity index (χ0n) is 20.3. The fourth-order valence-corrected chi connectivity index (χ4v) is 4.48. The lowest BCUT2D eigenvalue weighted by molar-refractivity contribution is -0.139. The van der Waals surface area contributed by atoms with Crippen LogP contribution in [0.4, 0.5) is 5.69 Å². The summed E-state index contributed by atoms with van der Waals surface area (Å²) in [7, 11) is 0. The van der Waals surface area contributed by atoms with Crippen molar-refractivity contribution in [3.8, 4) is 0 Å². The molecule has 1 aromatic rings. The lowest BCUT2D eigenvalue weighted by atomic mass is 9.85. The molecule has 1 saturated carbocycles. The maximum absolute atomic E-state index is 13.2. The molecule has 3 atom stereocenters. The van der Waals surface area contributed by atoms with Crippen molar-refractivity contribution in [1.29, 1.82) is 0 Å². The molecule has 2 rings (SSSR count). The standard InChI is InChI=1S/C26H41N3O4/c1-18(2)17-23(25(31)28-21-14-8-5-9-15-21)29-24(30)22(27-19(3)26(32)33)16-10-13-20-11-6-4-7-12-20/h5,8-9,14-15,18-20,22-23,27H,4,6-7,10-13,16-17H2,1-3H3,(H,28,31)(H,29,30)(H,32,33)/t19-,22+,23+/m1/s1. The van der Waals surface area contributed by atoms with E-state index in [0.717, 1.165) is 12.8 Å². The first kappa shape index (κ1) is 26.8. The zero-order chi connectivity index (χ0) is 24.2. The van der Waals surface area contributed by atoms with Gasteiger partial charge in [0.25, 0.3) is 0 Å². The monoisotopic (exact) mass is 459 g/mol. The molecule has 1 aliphatic carbocycles. The Morgan fingerprint density at radius 2 is 1.64 bits per heavy atom. The number of amides is 2. The zero-order valence-corrected chi connectivity index (χ0v) is 20.3. The Morgan fingerprint density at radius 3 is 2.24 bits per heavy atom. The molecule has 1 aliphatic rings. The molecule has 184 valence electrons. The molecule has 1 aromatic carbocycles. The second-order valence-corrected chi connectivity index (χ2v) is 9.76. The second kappa shape index (κ2) is 14.0. The van der Waals surface area contributed by atoms with Crippen LogP contribution in [0.5, 0.6) is 0 Å². The molecular formula is C26H41N3O4. The van der Waals surface area contributed by atoms with Crippen LogP contribution < -0.4 is 16.0 Å². The number of carbonyl (C=O) groups excluding carboxylic acids is 2. The summed E-state index contributed by atoms with van der Waals surface area (Å²) in [4.78, 5) is 37.5. The molecule has 4 N–H and O–H groups in total. The Balaban J connectivity index is 2.02. The van der Waals surface area contributed by atoms with Gasteiger partial charge in [0.2, 0.25) is 11.8 Å². The second-order valence-electron chi connectivity index (χ2n) is 9.76. The van der Waals surface area contributed by atoms with Crippen molar-refractivity contribution in [3.63, 3.8) is 0 Å². The van der Waals surface area contributed by atoms with E-state index in [9.17, 15) is 19.5 Å². The number of carbonyl (C=O) groups is 3. The van der Waals surface area contributed by atoms with Crippen molar-refractivity contribution in [1.82, 2.24) is 10.6 Å². The van der Waals surface area contributed by atoms with Gasteiger partial charge in [0.05, 0.1) is 6.04 Å². The normalized spacial score (nSPS) is 17.2. The predicted molar refractivity (Wildman–Crippen MR) is 131 cm³/mol. The van der Waals surface area contributed by atoms with E-state index in [2.05, 4.69) is 16.0 Å². The number of carboxylic acid groups (broad SMARTS) is 1. The number of aliphatic carboxylic acids is 1. The maximum atomic E-state index is 13.2. The largest absolute Gasteiger partial charge is 0.480 e. The van der Waals surface area contributed by atoms with Crippen LogP contribution in [0.2, 0.25) is 0 Å². The number of rotatable bonds is 13. The van der Waals surface area contributed by atoms with Gasteiger partial charge in [-0.1, -0.05) is 77.0 Å². The van der Waals surface area contributed by atoms with Gasteiger partial charge in [0, 0.05) is 5.69 Å². The number of hydrogen-bond acceptors (Lipinski definition) is 4. The van der Waals surface area contributed by atoms with Gasteiger partial charge in [0.1, 0.15) is 12.1 Å². The minimum Gasteiger partial charge on any atom is -0.480 e. The van der Waals surface area contributed by atoms with Crippen LogP contribution in [0, 0.1) is 11.8 Å². The Morgan fingerprint density at radius 1 is 0.970 bits per heavy atom. The third-order valence-electron chi connectivity index (χ3n) is 6.35. The van der Waals surface area contributed by atoms with Crippen LogP contribution >= 0.6 is 0 Å². The maximum Gasteiger partial charge on any atom is 0.320 e. The first-order chi connectivity index (χ1) is 15.8. The van der Waals surface area contributed by atoms with Crippen LogP contribution in [0.25, 0.3) is 0 Å². The molecule has 0 unspecified atom stereocenters. The van der Waals surface area contributed by atoms with Gasteiger partial charge >= 0.3 is 5.97 Å². The minimum atomic E-state index is -0.999. The summed E-state index contributed by atoms with van der Waals surface area (Å²) in [6, 6.07) is 6.95. The molecule has 7 nitrogen and oxygen atoms in total. The van der Waals surface area contributed by atoms with Gasteiger partial charge in [-0.05, 0) is 43.7 Å². The summed E-state index contributed by atoms with van der Waals surface area (Å²) in [5.41, 5.74) is 0.673. The number of hydrogen-bond donors (Lipinski definition) is 4. The number of para-hydroxylation sites is 1. The van der Waals surface area contributed by atoms with E-state index >= 15 is 0 Å². The van der Waals surface area contributed by atoms with Crippen molar-refractivity contribution in [2.24, 2.45) is 11.8 Å². The third kappa shape index (κ3) is 9.95. The average molecular weight is 460 g/mol. The van der Waals surface area contributed by atoms with Crippen LogP contribution in [-0.4, -0.2) is 41.0 Å². The van der Waals surface area contributed by atoms with Gasteiger partial charge in [-0.3, -0.25) is 19.7 Å². The topological polar surface area (TPSA) is 108 Å². The summed E-state index contributed by atoms with van der Waals surface area (Å²) < 4.78 is 0. The molecule has 0 aliphatic heterocycles. The predicted octanol–water partition coefficient (Wildman–Crippen LogP) is 4.34. The van der Waals surface area contributed by atoms with Gasteiger partial charge in [-0.15, -0.1) is 0 Å². The summed E-state index contributed by atoms with van der Waals surface area (Å²) >= 11 is 0. The van der Waals surface area contributed by atoms with Gasteiger partial charge in [-0.2, -0.15) is 0 Å². The third-order valence-corrected chi connectivity index (χ3v) is 6.35. The van der Waals surface area contributed by atoms with E-state index < -0.39 is 24.1 Å². The summed E-state index contributed by atoms with van der Waals surface area (Å²) in [5, 5.41) is 18.1. The lowest BCUT2D eigenvalue weighted by Gasteiger charge is -2.26. The quantitative estimate of drug-likeness (QED) is 0.351. The van der Waals surface area contributed by atoms with E-state index in [1.807, 2.05) is 32.0 Å². The lowest BCUT2D eigenvalue weighted by Crippen LogP contribution is -2.54. The van der Waals surface area contributed by atoms with E-state index in [0.29, 0.717) is 24.4 Å². The smallest absolute Gasteiger partial charge is 0.320 e. The molecule has 2 amide bonds. The molecule has 0 aromatic heterocycles. The van der Waals surface area contributed by atoms with E-state index in [4.69, 9.17) is 0 Å². The average Bonchev–Trinajstić information content (AvgIpc) is 2.78. The molecule has 1 fully saturated rings. The van der Waals surface area contributed by atoms with Crippen LogP contribution in [0.15, 0.2) is 30.3 Å². The molecule has 0 radical (unpaired) electrons. The van der Waals surface area contributed by atoms with E-state index in [1.165, 1.54) is 39.0 Å². The van der Waals surface area contributed by atoms with Crippen molar-refractivity contribution >= 4 is 23.5 Å². The van der Waals surface area contributed by atoms with Crippen molar-refractivity contribution in [2.75, 3.05) is 5.32 Å². The molecule has 7 heteroatoms. The molecule has 0 spiro atoms.